The number of aryl methyl sites for hydroxylation is 1. The monoisotopic (exact) mass is 494 g/mol. The van der Waals surface area contributed by atoms with E-state index in [0.29, 0.717) is 19.0 Å². The number of aromatic nitrogens is 6. The van der Waals surface area contributed by atoms with Crippen LogP contribution in [0.5, 0.6) is 0 Å². The average molecular weight is 495 g/mol. The van der Waals surface area contributed by atoms with Gasteiger partial charge in [0, 0.05) is 30.0 Å². The number of anilines is 2. The second-order valence-electron chi connectivity index (χ2n) is 9.57. The van der Waals surface area contributed by atoms with Gasteiger partial charge in [-0.05, 0) is 57.8 Å². The van der Waals surface area contributed by atoms with Crippen molar-refractivity contribution in [3.8, 4) is 11.3 Å². The fourth-order valence-corrected chi connectivity index (χ4v) is 4.74. The molecule has 11 heteroatoms. The first-order valence-electron chi connectivity index (χ1n) is 11.8. The van der Waals surface area contributed by atoms with Crippen LogP contribution in [-0.4, -0.2) is 58.5 Å². The molecule has 0 aromatic carbocycles. The summed E-state index contributed by atoms with van der Waals surface area (Å²) in [5.41, 5.74) is 4.16. The van der Waals surface area contributed by atoms with Crippen molar-refractivity contribution in [1.29, 1.82) is 0 Å². The number of nitrogens with one attached hydrogen (secondary N) is 2. The van der Waals surface area contributed by atoms with E-state index in [4.69, 9.17) is 4.74 Å². The fourth-order valence-electron chi connectivity index (χ4n) is 4.08. The summed E-state index contributed by atoms with van der Waals surface area (Å²) in [6.07, 6.45) is 9.31. The summed E-state index contributed by atoms with van der Waals surface area (Å²) in [7, 11) is 0. The number of carbonyl (C=O) groups is 1. The third-order valence-corrected chi connectivity index (χ3v) is 7.02. The van der Waals surface area contributed by atoms with E-state index in [-0.39, 0.29) is 17.4 Å². The fraction of sp³-hybridized carbons (Fsp3) is 0.458. The molecule has 0 bridgehead atoms. The summed E-state index contributed by atoms with van der Waals surface area (Å²) >= 11 is 1.39. The molecule has 0 aliphatic heterocycles. The van der Waals surface area contributed by atoms with E-state index < -0.39 is 0 Å². The molecule has 0 amide bonds. The molecule has 1 aliphatic rings. The highest BCUT2D eigenvalue weighted by atomic mass is 32.1. The lowest BCUT2D eigenvalue weighted by Crippen LogP contribution is -2.47. The Labute approximate surface area is 207 Å². The second kappa shape index (κ2) is 9.38. The molecular weight excluding hydrogens is 464 g/mol. The molecule has 4 aromatic heterocycles. The first kappa shape index (κ1) is 23.4. The zero-order valence-electron chi connectivity index (χ0n) is 20.4. The van der Waals surface area contributed by atoms with Crippen LogP contribution in [0.1, 0.15) is 45.0 Å². The van der Waals surface area contributed by atoms with Crippen molar-refractivity contribution in [2.45, 2.75) is 52.6 Å². The highest BCUT2D eigenvalue weighted by Gasteiger charge is 2.34. The van der Waals surface area contributed by atoms with Gasteiger partial charge in [-0.3, -0.25) is 19.2 Å². The molecule has 1 fully saturated rings. The second-order valence-corrected chi connectivity index (χ2v) is 10.4. The number of nitrogens with zero attached hydrogens (tertiary/aromatic N) is 6. The van der Waals surface area contributed by atoms with Crippen LogP contribution in [0.15, 0.2) is 30.9 Å². The maximum atomic E-state index is 12.0. The van der Waals surface area contributed by atoms with Gasteiger partial charge in [-0.2, -0.15) is 9.47 Å². The van der Waals surface area contributed by atoms with Gasteiger partial charge in [0.05, 0.1) is 35.4 Å². The minimum absolute atomic E-state index is 0.0684. The van der Waals surface area contributed by atoms with E-state index in [0.717, 1.165) is 52.7 Å². The van der Waals surface area contributed by atoms with Crippen LogP contribution < -0.4 is 5.32 Å². The number of carbonyl (C=O) groups excluding carboxylic acids is 1. The number of likely N-dealkylation sites (N-methyl/N-ethyl adjacent to an activating group) is 1. The molecule has 1 saturated carbocycles. The van der Waals surface area contributed by atoms with Crippen molar-refractivity contribution < 1.29 is 9.53 Å². The van der Waals surface area contributed by atoms with Crippen molar-refractivity contribution in [2.24, 2.45) is 5.92 Å². The van der Waals surface area contributed by atoms with Crippen molar-refractivity contribution in [3.63, 3.8) is 0 Å². The first-order chi connectivity index (χ1) is 16.8. The quantitative estimate of drug-likeness (QED) is 0.316. The Morgan fingerprint density at radius 3 is 2.91 bits per heavy atom. The molecule has 0 saturated heterocycles. The zero-order valence-corrected chi connectivity index (χ0v) is 21.2. The van der Waals surface area contributed by atoms with Crippen LogP contribution in [0.2, 0.25) is 0 Å². The number of esters is 1. The Morgan fingerprint density at radius 1 is 1.37 bits per heavy atom. The van der Waals surface area contributed by atoms with Crippen molar-refractivity contribution in [2.75, 3.05) is 18.5 Å². The molecule has 0 radical (unpaired) electrons. The van der Waals surface area contributed by atoms with Gasteiger partial charge >= 0.3 is 5.97 Å². The number of imidazole rings is 1. The molecule has 5 rings (SSSR count). The summed E-state index contributed by atoms with van der Waals surface area (Å²) in [4.78, 5) is 23.6. The van der Waals surface area contributed by atoms with E-state index in [1.165, 1.54) is 11.5 Å². The maximum absolute atomic E-state index is 12.0. The number of rotatable bonds is 10. The van der Waals surface area contributed by atoms with Crippen LogP contribution in [0.25, 0.3) is 16.9 Å². The van der Waals surface area contributed by atoms with Gasteiger partial charge in [0.1, 0.15) is 11.6 Å². The van der Waals surface area contributed by atoms with E-state index >= 15 is 0 Å². The number of hydrogen-bond acceptors (Lipinski definition) is 9. The Balaban J connectivity index is 1.30. The Bertz CT molecular complexity index is 1320. The zero-order chi connectivity index (χ0) is 24.6. The molecule has 35 heavy (non-hydrogen) atoms. The van der Waals surface area contributed by atoms with Gasteiger partial charge in [-0.25, -0.2) is 9.97 Å². The van der Waals surface area contributed by atoms with Gasteiger partial charge in [-0.15, -0.1) is 0 Å². The van der Waals surface area contributed by atoms with Crippen LogP contribution in [-0.2, 0) is 16.1 Å². The predicted molar refractivity (Wildman–Crippen MR) is 135 cm³/mol. The van der Waals surface area contributed by atoms with Gasteiger partial charge in [0.25, 0.3) is 0 Å². The van der Waals surface area contributed by atoms with Crippen LogP contribution >= 0.6 is 11.5 Å². The lowest BCUT2D eigenvalue weighted by molar-refractivity contribution is -0.149. The number of H-pyrrole nitrogens is 1. The summed E-state index contributed by atoms with van der Waals surface area (Å²) in [5, 5.41) is 11.2. The minimum atomic E-state index is -0.292. The third kappa shape index (κ3) is 5.06. The van der Waals surface area contributed by atoms with Gasteiger partial charge in [-0.1, -0.05) is 6.92 Å². The van der Waals surface area contributed by atoms with E-state index in [1.807, 2.05) is 36.0 Å². The first-order valence-corrected chi connectivity index (χ1v) is 12.6. The topological polar surface area (TPSA) is 113 Å². The molecule has 2 N–H and O–H groups in total. The van der Waals surface area contributed by atoms with Crippen LogP contribution in [0.3, 0.4) is 0 Å². The number of fused-ring (bicyclic) bond motifs is 1. The summed E-state index contributed by atoms with van der Waals surface area (Å²) in [6, 6.07) is 2.04. The summed E-state index contributed by atoms with van der Waals surface area (Å²) < 4.78 is 12.3. The molecule has 4 aromatic rings. The van der Waals surface area contributed by atoms with Crippen LogP contribution in [0, 0.1) is 12.8 Å². The standard InChI is InChI=1S/C24H30N8O2S/c1-5-31(24(3,4)14-34-23(33)16-6-7-16)13-18-8-20(35-30-18)29-21-22-25-11-19(17-9-26-27-10-17)32(22)12-15(2)28-21/h8-12,16H,5-7,13-14H2,1-4H3,(H,26,27)(H,28,29). The highest BCUT2D eigenvalue weighted by Crippen LogP contribution is 2.31. The molecule has 0 atom stereocenters. The Morgan fingerprint density at radius 2 is 2.20 bits per heavy atom. The number of aromatic amines is 1. The van der Waals surface area contributed by atoms with E-state index in [2.05, 4.69) is 55.5 Å². The highest BCUT2D eigenvalue weighted by molar-refractivity contribution is 7.10. The minimum Gasteiger partial charge on any atom is -0.464 e. The van der Waals surface area contributed by atoms with Crippen molar-refractivity contribution in [3.05, 3.63) is 42.2 Å². The number of ether oxygens (including phenoxy) is 1. The van der Waals surface area contributed by atoms with Crippen molar-refractivity contribution in [1.82, 2.24) is 33.8 Å². The third-order valence-electron chi connectivity index (χ3n) is 6.28. The number of hydrogen-bond donors (Lipinski definition) is 2. The lowest BCUT2D eigenvalue weighted by Gasteiger charge is -2.36. The normalized spacial score (nSPS) is 14.1. The average Bonchev–Trinajstić information content (AvgIpc) is 3.19. The van der Waals surface area contributed by atoms with Crippen LogP contribution in [0.4, 0.5) is 10.8 Å². The predicted octanol–water partition coefficient (Wildman–Crippen LogP) is 4.18. The molecule has 184 valence electrons. The van der Waals surface area contributed by atoms with Gasteiger partial charge in [0.15, 0.2) is 11.5 Å². The van der Waals surface area contributed by atoms with E-state index in [1.54, 1.807) is 6.20 Å². The molecular formula is C24H30N8O2S. The van der Waals surface area contributed by atoms with Gasteiger partial charge < -0.3 is 10.1 Å². The van der Waals surface area contributed by atoms with Crippen molar-refractivity contribution >= 4 is 34.0 Å². The Hall–Kier alpha value is -3.31. The molecule has 0 spiro atoms. The SMILES string of the molecule is CCN(Cc1cc(Nc2nc(C)cn3c(-c4cn[nH]c4)cnc23)sn1)C(C)(C)COC(=O)C1CC1. The largest absolute Gasteiger partial charge is 0.464 e. The lowest BCUT2D eigenvalue weighted by atomic mass is 10.0. The Kier molecular flexibility index (Phi) is 6.28. The molecule has 1 aliphatic carbocycles. The van der Waals surface area contributed by atoms with E-state index in [9.17, 15) is 4.79 Å². The molecule has 0 unspecified atom stereocenters. The maximum Gasteiger partial charge on any atom is 0.308 e. The summed E-state index contributed by atoms with van der Waals surface area (Å²) in [5.74, 6) is 0.719. The molecule has 4 heterocycles. The molecule has 10 nitrogen and oxygen atoms in total. The summed E-state index contributed by atoms with van der Waals surface area (Å²) in [6.45, 7) is 10.1. The van der Waals surface area contributed by atoms with Gasteiger partial charge in [0.2, 0.25) is 0 Å². The smallest absolute Gasteiger partial charge is 0.308 e.